The number of nitrogens with zero attached hydrogens (tertiary/aromatic N) is 1. The first-order valence-electron chi connectivity index (χ1n) is 7.47. The molecule has 0 saturated carbocycles. The largest absolute Gasteiger partial charge is 0.354 e. The minimum Gasteiger partial charge on any atom is -0.354 e. The van der Waals surface area contributed by atoms with Gasteiger partial charge in [-0.1, -0.05) is 41.0 Å². The van der Waals surface area contributed by atoms with Crippen LogP contribution in [0, 0.1) is 11.8 Å². The molecule has 0 aromatic carbocycles. The molecule has 1 heterocycles. The third kappa shape index (κ3) is 4.49. The van der Waals surface area contributed by atoms with Gasteiger partial charge in [-0.3, -0.25) is 0 Å². The molecule has 18 heavy (non-hydrogen) atoms. The maximum absolute atomic E-state index is 3.65. The highest BCUT2D eigenvalue weighted by Crippen LogP contribution is 2.22. The van der Waals surface area contributed by atoms with E-state index in [2.05, 4.69) is 63.0 Å². The number of rotatable bonds is 8. The lowest BCUT2D eigenvalue weighted by atomic mass is 9.98. The third-order valence-corrected chi connectivity index (χ3v) is 3.63. The molecule has 0 saturated heterocycles. The van der Waals surface area contributed by atoms with E-state index >= 15 is 0 Å². The van der Waals surface area contributed by atoms with Crippen molar-refractivity contribution in [1.29, 1.82) is 0 Å². The monoisotopic (exact) mass is 250 g/mol. The Kier molecular flexibility index (Phi) is 6.48. The van der Waals surface area contributed by atoms with Crippen molar-refractivity contribution in [3.8, 4) is 0 Å². The summed E-state index contributed by atoms with van der Waals surface area (Å²) in [6.45, 7) is 13.6. The average Bonchev–Trinajstić information content (AvgIpc) is 2.77. The molecular weight excluding hydrogens is 220 g/mol. The van der Waals surface area contributed by atoms with E-state index in [0.29, 0.717) is 12.0 Å². The zero-order chi connectivity index (χ0) is 13.5. The Morgan fingerprint density at radius 3 is 2.50 bits per heavy atom. The van der Waals surface area contributed by atoms with Gasteiger partial charge in [-0.25, -0.2) is 0 Å². The molecule has 0 aliphatic heterocycles. The van der Waals surface area contributed by atoms with E-state index in [-0.39, 0.29) is 0 Å². The molecule has 0 radical (unpaired) electrons. The lowest BCUT2D eigenvalue weighted by molar-refractivity contribution is 0.410. The van der Waals surface area contributed by atoms with Crippen molar-refractivity contribution >= 4 is 0 Å². The molecule has 0 amide bonds. The summed E-state index contributed by atoms with van der Waals surface area (Å²) in [7, 11) is 0. The van der Waals surface area contributed by atoms with Crippen LogP contribution in [-0.2, 0) is 6.54 Å². The first-order valence-corrected chi connectivity index (χ1v) is 7.47. The topological polar surface area (TPSA) is 17.0 Å². The van der Waals surface area contributed by atoms with Crippen molar-refractivity contribution < 1.29 is 0 Å². The Morgan fingerprint density at radius 1 is 1.22 bits per heavy atom. The Morgan fingerprint density at radius 2 is 1.94 bits per heavy atom. The van der Waals surface area contributed by atoms with Crippen LogP contribution in [0.4, 0.5) is 0 Å². The fourth-order valence-corrected chi connectivity index (χ4v) is 2.28. The molecule has 2 heteroatoms. The molecule has 1 aromatic rings. The summed E-state index contributed by atoms with van der Waals surface area (Å²) in [4.78, 5) is 0. The highest BCUT2D eigenvalue weighted by molar-refractivity contribution is 5.16. The van der Waals surface area contributed by atoms with Crippen molar-refractivity contribution in [2.75, 3.05) is 6.54 Å². The van der Waals surface area contributed by atoms with Crippen LogP contribution < -0.4 is 5.32 Å². The first kappa shape index (κ1) is 15.3. The van der Waals surface area contributed by atoms with E-state index in [0.717, 1.165) is 19.0 Å². The Balaban J connectivity index is 2.68. The first-order chi connectivity index (χ1) is 8.58. The lowest BCUT2D eigenvalue weighted by Gasteiger charge is -2.21. The third-order valence-electron chi connectivity index (χ3n) is 3.63. The van der Waals surface area contributed by atoms with Gasteiger partial charge in [0.2, 0.25) is 0 Å². The predicted molar refractivity (Wildman–Crippen MR) is 79.8 cm³/mol. The van der Waals surface area contributed by atoms with Gasteiger partial charge in [0.05, 0.1) is 0 Å². The molecule has 2 nitrogen and oxygen atoms in total. The molecule has 0 aliphatic carbocycles. The standard InChI is InChI=1S/C16H30N2/c1-6-9-17-16(13(3)4)15-8-10-18(12-15)11-14(5)7-2/h8,10,12-14,16-17H,6-7,9,11H2,1-5H3. The summed E-state index contributed by atoms with van der Waals surface area (Å²) in [6.07, 6.45) is 6.98. The normalized spacial score (nSPS) is 15.0. The second-order valence-electron chi connectivity index (χ2n) is 5.83. The van der Waals surface area contributed by atoms with Gasteiger partial charge in [0, 0.05) is 25.0 Å². The summed E-state index contributed by atoms with van der Waals surface area (Å²) in [5, 5.41) is 3.65. The fourth-order valence-electron chi connectivity index (χ4n) is 2.28. The van der Waals surface area contributed by atoms with Crippen LogP contribution in [0.15, 0.2) is 18.5 Å². The molecule has 0 aliphatic rings. The Bertz CT molecular complexity index is 328. The number of nitrogens with one attached hydrogen (secondary N) is 1. The molecule has 0 spiro atoms. The van der Waals surface area contributed by atoms with E-state index in [9.17, 15) is 0 Å². The lowest BCUT2D eigenvalue weighted by Crippen LogP contribution is -2.26. The van der Waals surface area contributed by atoms with Crippen molar-refractivity contribution in [2.24, 2.45) is 11.8 Å². The summed E-state index contributed by atoms with van der Waals surface area (Å²) in [6, 6.07) is 2.76. The van der Waals surface area contributed by atoms with Crippen LogP contribution in [0.1, 0.15) is 59.1 Å². The van der Waals surface area contributed by atoms with E-state index in [1.54, 1.807) is 0 Å². The minimum atomic E-state index is 0.489. The van der Waals surface area contributed by atoms with Gasteiger partial charge in [0.15, 0.2) is 0 Å². The van der Waals surface area contributed by atoms with Crippen molar-refractivity contribution in [3.05, 3.63) is 24.0 Å². The SMILES string of the molecule is CCCNC(c1ccn(CC(C)CC)c1)C(C)C. The van der Waals surface area contributed by atoms with Gasteiger partial charge in [0.25, 0.3) is 0 Å². The molecule has 0 fully saturated rings. The highest BCUT2D eigenvalue weighted by Gasteiger charge is 2.16. The second kappa shape index (κ2) is 7.63. The van der Waals surface area contributed by atoms with Gasteiger partial charge < -0.3 is 9.88 Å². The smallest absolute Gasteiger partial charge is 0.0358 e. The Hall–Kier alpha value is -0.760. The maximum Gasteiger partial charge on any atom is 0.0358 e. The van der Waals surface area contributed by atoms with Crippen LogP contribution in [-0.4, -0.2) is 11.1 Å². The highest BCUT2D eigenvalue weighted by atomic mass is 15.0. The van der Waals surface area contributed by atoms with Crippen molar-refractivity contribution in [1.82, 2.24) is 9.88 Å². The van der Waals surface area contributed by atoms with Crippen LogP contribution in [0.2, 0.25) is 0 Å². The van der Waals surface area contributed by atoms with Crippen molar-refractivity contribution in [3.63, 3.8) is 0 Å². The zero-order valence-corrected chi connectivity index (χ0v) is 12.7. The minimum absolute atomic E-state index is 0.489. The van der Waals surface area contributed by atoms with Crippen molar-refractivity contribution in [2.45, 2.75) is 60.0 Å². The van der Waals surface area contributed by atoms with Crippen LogP contribution in [0.25, 0.3) is 0 Å². The predicted octanol–water partition coefficient (Wildman–Crippen LogP) is 4.23. The molecule has 0 bridgehead atoms. The molecule has 1 aromatic heterocycles. The molecular formula is C16H30N2. The molecule has 2 atom stereocenters. The number of aromatic nitrogens is 1. The summed E-state index contributed by atoms with van der Waals surface area (Å²) < 4.78 is 2.34. The summed E-state index contributed by atoms with van der Waals surface area (Å²) in [5.41, 5.74) is 1.43. The van der Waals surface area contributed by atoms with Crippen LogP contribution in [0.3, 0.4) is 0 Å². The van der Waals surface area contributed by atoms with Gasteiger partial charge in [-0.15, -0.1) is 0 Å². The fraction of sp³-hybridized carbons (Fsp3) is 0.750. The van der Waals surface area contributed by atoms with Gasteiger partial charge in [0.1, 0.15) is 0 Å². The average molecular weight is 250 g/mol. The quantitative estimate of drug-likeness (QED) is 0.730. The van der Waals surface area contributed by atoms with Gasteiger partial charge in [-0.05, 0) is 36.4 Å². The van der Waals surface area contributed by atoms with Crippen LogP contribution >= 0.6 is 0 Å². The number of hydrogen-bond donors (Lipinski definition) is 1. The van der Waals surface area contributed by atoms with Gasteiger partial charge >= 0.3 is 0 Å². The maximum atomic E-state index is 3.65. The molecule has 1 N–H and O–H groups in total. The zero-order valence-electron chi connectivity index (χ0n) is 12.7. The summed E-state index contributed by atoms with van der Waals surface area (Å²) in [5.74, 6) is 1.39. The number of hydrogen-bond acceptors (Lipinski definition) is 1. The molecule has 2 unspecified atom stereocenters. The van der Waals surface area contributed by atoms with E-state index in [4.69, 9.17) is 0 Å². The van der Waals surface area contributed by atoms with Gasteiger partial charge in [-0.2, -0.15) is 0 Å². The van der Waals surface area contributed by atoms with E-state index in [1.807, 2.05) is 0 Å². The second-order valence-corrected chi connectivity index (χ2v) is 5.83. The Labute approximate surface area is 113 Å². The van der Waals surface area contributed by atoms with E-state index < -0.39 is 0 Å². The van der Waals surface area contributed by atoms with Crippen LogP contribution in [0.5, 0.6) is 0 Å². The summed E-state index contributed by atoms with van der Waals surface area (Å²) >= 11 is 0. The van der Waals surface area contributed by atoms with E-state index in [1.165, 1.54) is 18.4 Å². The molecule has 1 rings (SSSR count). The molecule has 104 valence electrons.